The van der Waals surface area contributed by atoms with E-state index in [1.807, 2.05) is 38.2 Å². The topological polar surface area (TPSA) is 65.4 Å². The molecule has 2 heterocycles. The molecule has 2 aromatic rings. The molecule has 0 bridgehead atoms. The largest absolute Gasteiger partial charge is 0.491 e. The molecule has 1 aromatic carbocycles. The molecular formula is C18H23N3O3. The zero-order valence-corrected chi connectivity index (χ0v) is 14.1. The first-order chi connectivity index (χ1) is 11.6. The van der Waals surface area contributed by atoms with Crippen LogP contribution in [0, 0.1) is 6.92 Å². The standard InChI is InChI=1S/C18H23N3O3/c1-13-17(11-20-21(13)2)18(22)19-10-14-5-3-6-15(9-14)24-12-16-7-4-8-23-16/h3,5-6,9,11,16H,4,7-8,10,12H2,1-2H3,(H,19,22)/t16-/m1/s1. The SMILES string of the molecule is Cc1c(C(=O)NCc2cccc(OC[C@H]3CCCO3)c2)cnn1C. The molecule has 0 unspecified atom stereocenters. The zero-order chi connectivity index (χ0) is 16.9. The quantitative estimate of drug-likeness (QED) is 0.882. The second kappa shape index (κ2) is 7.49. The van der Waals surface area contributed by atoms with Crippen LogP contribution in [-0.2, 0) is 18.3 Å². The number of carbonyl (C=O) groups excluding carboxylic acids is 1. The lowest BCUT2D eigenvalue weighted by atomic mass is 10.2. The predicted molar refractivity (Wildman–Crippen MR) is 90.0 cm³/mol. The van der Waals surface area contributed by atoms with Gasteiger partial charge in [0.25, 0.3) is 5.91 Å². The van der Waals surface area contributed by atoms with E-state index in [4.69, 9.17) is 9.47 Å². The molecule has 128 valence electrons. The van der Waals surface area contributed by atoms with Crippen LogP contribution in [0.3, 0.4) is 0 Å². The van der Waals surface area contributed by atoms with E-state index >= 15 is 0 Å². The number of aromatic nitrogens is 2. The molecule has 1 aromatic heterocycles. The average molecular weight is 329 g/mol. The summed E-state index contributed by atoms with van der Waals surface area (Å²) >= 11 is 0. The highest BCUT2D eigenvalue weighted by molar-refractivity contribution is 5.94. The maximum absolute atomic E-state index is 12.2. The molecule has 6 nitrogen and oxygen atoms in total. The molecule has 0 aliphatic carbocycles. The van der Waals surface area contributed by atoms with E-state index < -0.39 is 0 Å². The number of rotatable bonds is 6. The van der Waals surface area contributed by atoms with E-state index in [1.54, 1.807) is 10.9 Å². The van der Waals surface area contributed by atoms with E-state index in [2.05, 4.69) is 10.4 Å². The van der Waals surface area contributed by atoms with Gasteiger partial charge in [-0.2, -0.15) is 5.10 Å². The van der Waals surface area contributed by atoms with Crippen molar-refractivity contribution in [2.45, 2.75) is 32.4 Å². The molecule has 3 rings (SSSR count). The maximum atomic E-state index is 12.2. The van der Waals surface area contributed by atoms with E-state index in [0.29, 0.717) is 18.7 Å². The molecule has 0 saturated carbocycles. The van der Waals surface area contributed by atoms with Crippen LogP contribution >= 0.6 is 0 Å². The zero-order valence-electron chi connectivity index (χ0n) is 14.1. The van der Waals surface area contributed by atoms with Gasteiger partial charge >= 0.3 is 0 Å². The molecule has 1 amide bonds. The third-order valence-electron chi connectivity index (χ3n) is 4.29. The Kier molecular flexibility index (Phi) is 5.15. The minimum atomic E-state index is -0.119. The van der Waals surface area contributed by atoms with Gasteiger partial charge in [0.2, 0.25) is 0 Å². The van der Waals surface area contributed by atoms with Crippen LogP contribution in [-0.4, -0.2) is 35.0 Å². The number of carbonyl (C=O) groups is 1. The number of amides is 1. The van der Waals surface area contributed by atoms with Crippen molar-refractivity contribution >= 4 is 5.91 Å². The highest BCUT2D eigenvalue weighted by atomic mass is 16.5. The van der Waals surface area contributed by atoms with E-state index in [9.17, 15) is 4.79 Å². The van der Waals surface area contributed by atoms with Crippen LogP contribution in [0.25, 0.3) is 0 Å². The van der Waals surface area contributed by atoms with Gasteiger partial charge in [-0.3, -0.25) is 9.48 Å². The van der Waals surface area contributed by atoms with Crippen LogP contribution < -0.4 is 10.1 Å². The third kappa shape index (κ3) is 3.94. The van der Waals surface area contributed by atoms with E-state index in [0.717, 1.165) is 36.5 Å². The summed E-state index contributed by atoms with van der Waals surface area (Å²) in [6.07, 6.45) is 3.95. The Morgan fingerprint density at radius 1 is 1.50 bits per heavy atom. The molecular weight excluding hydrogens is 306 g/mol. The van der Waals surface area contributed by atoms with Gasteiger partial charge in [-0.15, -0.1) is 0 Å². The summed E-state index contributed by atoms with van der Waals surface area (Å²) in [6, 6.07) is 7.77. The van der Waals surface area contributed by atoms with Crippen molar-refractivity contribution in [3.63, 3.8) is 0 Å². The summed E-state index contributed by atoms with van der Waals surface area (Å²) < 4.78 is 13.0. The minimum Gasteiger partial charge on any atom is -0.491 e. The van der Waals surface area contributed by atoms with Crippen molar-refractivity contribution in [3.05, 3.63) is 47.3 Å². The molecule has 6 heteroatoms. The molecule has 0 radical (unpaired) electrons. The van der Waals surface area contributed by atoms with Crippen LogP contribution in [0.15, 0.2) is 30.5 Å². The van der Waals surface area contributed by atoms with Crippen LogP contribution in [0.1, 0.15) is 34.5 Å². The fraction of sp³-hybridized carbons (Fsp3) is 0.444. The molecule has 0 spiro atoms. The monoisotopic (exact) mass is 329 g/mol. The Morgan fingerprint density at radius 3 is 3.08 bits per heavy atom. The first-order valence-electron chi connectivity index (χ1n) is 8.23. The second-order valence-electron chi connectivity index (χ2n) is 6.04. The van der Waals surface area contributed by atoms with Gasteiger partial charge in [0.15, 0.2) is 0 Å². The number of benzene rings is 1. The predicted octanol–water partition coefficient (Wildman–Crippen LogP) is 2.22. The first-order valence-corrected chi connectivity index (χ1v) is 8.23. The Morgan fingerprint density at radius 2 is 2.38 bits per heavy atom. The molecule has 1 fully saturated rings. The molecule has 1 N–H and O–H groups in total. The average Bonchev–Trinajstić information content (AvgIpc) is 3.22. The Bertz CT molecular complexity index is 705. The Hall–Kier alpha value is -2.34. The highest BCUT2D eigenvalue weighted by Crippen LogP contribution is 2.17. The first kappa shape index (κ1) is 16.5. The molecule has 1 aliphatic rings. The van der Waals surface area contributed by atoms with Crippen molar-refractivity contribution in [2.75, 3.05) is 13.2 Å². The van der Waals surface area contributed by atoms with Gasteiger partial charge < -0.3 is 14.8 Å². The maximum Gasteiger partial charge on any atom is 0.255 e. The van der Waals surface area contributed by atoms with Crippen molar-refractivity contribution < 1.29 is 14.3 Å². The number of hydrogen-bond acceptors (Lipinski definition) is 4. The summed E-state index contributed by atoms with van der Waals surface area (Å²) in [5, 5.41) is 7.01. The minimum absolute atomic E-state index is 0.119. The van der Waals surface area contributed by atoms with Crippen molar-refractivity contribution in [1.82, 2.24) is 15.1 Å². The number of aryl methyl sites for hydroxylation is 1. The Balaban J connectivity index is 1.54. The summed E-state index contributed by atoms with van der Waals surface area (Å²) in [7, 11) is 1.82. The van der Waals surface area contributed by atoms with Gasteiger partial charge in [0.1, 0.15) is 12.4 Å². The van der Waals surface area contributed by atoms with Crippen LogP contribution in [0.5, 0.6) is 5.75 Å². The smallest absolute Gasteiger partial charge is 0.255 e. The van der Waals surface area contributed by atoms with Crippen molar-refractivity contribution in [3.8, 4) is 5.75 Å². The van der Waals surface area contributed by atoms with Crippen LogP contribution in [0.4, 0.5) is 0 Å². The van der Waals surface area contributed by atoms with Gasteiger partial charge in [0.05, 0.1) is 17.9 Å². The van der Waals surface area contributed by atoms with Crippen molar-refractivity contribution in [2.24, 2.45) is 7.05 Å². The highest BCUT2D eigenvalue weighted by Gasteiger charge is 2.16. The number of ether oxygens (including phenoxy) is 2. The van der Waals surface area contributed by atoms with Gasteiger partial charge in [-0.1, -0.05) is 12.1 Å². The molecule has 1 aliphatic heterocycles. The molecule has 1 atom stereocenters. The van der Waals surface area contributed by atoms with Gasteiger partial charge in [-0.05, 0) is 37.5 Å². The fourth-order valence-electron chi connectivity index (χ4n) is 2.71. The van der Waals surface area contributed by atoms with Gasteiger partial charge in [-0.25, -0.2) is 0 Å². The summed E-state index contributed by atoms with van der Waals surface area (Å²) in [5.74, 6) is 0.682. The lowest BCUT2D eigenvalue weighted by molar-refractivity contribution is 0.0679. The summed E-state index contributed by atoms with van der Waals surface area (Å²) in [6.45, 7) is 3.73. The second-order valence-corrected chi connectivity index (χ2v) is 6.04. The summed E-state index contributed by atoms with van der Waals surface area (Å²) in [5.41, 5.74) is 2.44. The fourth-order valence-corrected chi connectivity index (χ4v) is 2.71. The normalized spacial score (nSPS) is 17.0. The van der Waals surface area contributed by atoms with Crippen LogP contribution in [0.2, 0.25) is 0 Å². The number of hydrogen-bond donors (Lipinski definition) is 1. The number of nitrogens with zero attached hydrogens (tertiary/aromatic N) is 2. The summed E-state index contributed by atoms with van der Waals surface area (Å²) in [4.78, 5) is 12.2. The van der Waals surface area contributed by atoms with Crippen molar-refractivity contribution in [1.29, 1.82) is 0 Å². The van der Waals surface area contributed by atoms with E-state index in [-0.39, 0.29) is 12.0 Å². The Labute approximate surface area is 141 Å². The number of nitrogens with one attached hydrogen (secondary N) is 1. The third-order valence-corrected chi connectivity index (χ3v) is 4.29. The van der Waals surface area contributed by atoms with E-state index in [1.165, 1.54) is 0 Å². The lowest BCUT2D eigenvalue weighted by Crippen LogP contribution is -2.23. The molecule has 1 saturated heterocycles. The van der Waals surface area contributed by atoms with Gasteiger partial charge in [0, 0.05) is 25.9 Å². The lowest BCUT2D eigenvalue weighted by Gasteiger charge is -2.12. The molecule has 24 heavy (non-hydrogen) atoms.